The minimum Gasteiger partial charge on any atom is -0.475 e. The van der Waals surface area contributed by atoms with Gasteiger partial charge in [-0.1, -0.05) is 24.3 Å². The van der Waals surface area contributed by atoms with E-state index in [0.717, 1.165) is 0 Å². The summed E-state index contributed by atoms with van der Waals surface area (Å²) in [5.41, 5.74) is 2.30. The molecule has 0 radical (unpaired) electrons. The molecule has 0 bridgehead atoms. The molecule has 1 amide bonds. The molecular weight excluding hydrogens is 412 g/mol. The monoisotopic (exact) mass is 430 g/mol. The molecule has 160 valence electrons. The number of aliphatic hydroxyl groups excluding tert-OH is 2. The number of imidazole rings is 1. The summed E-state index contributed by atoms with van der Waals surface area (Å²) in [5, 5.41) is 34.9. The van der Waals surface area contributed by atoms with Crippen molar-refractivity contribution in [3.63, 3.8) is 0 Å². The maximum absolute atomic E-state index is 12.7. The van der Waals surface area contributed by atoms with Gasteiger partial charge in [-0.3, -0.25) is 4.79 Å². The summed E-state index contributed by atoms with van der Waals surface area (Å²) in [4.78, 5) is 21.1. The summed E-state index contributed by atoms with van der Waals surface area (Å²) in [7, 11) is 0. The zero-order valence-electron chi connectivity index (χ0n) is 16.7. The van der Waals surface area contributed by atoms with Gasteiger partial charge in [-0.2, -0.15) is 14.9 Å². The van der Waals surface area contributed by atoms with Crippen molar-refractivity contribution in [3.8, 4) is 23.2 Å². The number of carbonyl (C=O) groups is 1. The van der Waals surface area contributed by atoms with Crippen LogP contribution in [0.25, 0.3) is 16.9 Å². The highest BCUT2D eigenvalue weighted by Crippen LogP contribution is 2.22. The van der Waals surface area contributed by atoms with Crippen molar-refractivity contribution < 1.29 is 19.7 Å². The SMILES string of the molecule is N#Cc1ccccc1-c1ccc2ncc(NC(=O)c3cccc(OCC(O)CO)n3)n2n1. The molecular formula is C22H18N6O4. The number of hydrogen-bond donors (Lipinski definition) is 3. The van der Waals surface area contributed by atoms with Crippen LogP contribution in [0.5, 0.6) is 5.88 Å². The van der Waals surface area contributed by atoms with Crippen LogP contribution in [-0.4, -0.2) is 55.0 Å². The smallest absolute Gasteiger partial charge is 0.275 e. The Morgan fingerprint density at radius 2 is 2.03 bits per heavy atom. The number of nitrogens with one attached hydrogen (secondary N) is 1. The van der Waals surface area contributed by atoms with E-state index in [9.17, 15) is 15.2 Å². The maximum Gasteiger partial charge on any atom is 0.275 e. The number of amides is 1. The quantitative estimate of drug-likeness (QED) is 0.401. The number of hydrogen-bond acceptors (Lipinski definition) is 8. The van der Waals surface area contributed by atoms with Crippen molar-refractivity contribution in [3.05, 3.63) is 72.1 Å². The first-order valence-corrected chi connectivity index (χ1v) is 9.63. The first kappa shape index (κ1) is 20.9. The van der Waals surface area contributed by atoms with E-state index in [-0.39, 0.29) is 18.2 Å². The molecule has 0 fully saturated rings. The predicted octanol–water partition coefficient (Wildman–Crippen LogP) is 1.65. The number of anilines is 1. The summed E-state index contributed by atoms with van der Waals surface area (Å²) in [5.74, 6) is -0.0495. The van der Waals surface area contributed by atoms with Crippen molar-refractivity contribution in [2.75, 3.05) is 18.5 Å². The number of nitrogens with zero attached hydrogens (tertiary/aromatic N) is 5. The summed E-state index contributed by atoms with van der Waals surface area (Å²) >= 11 is 0. The fourth-order valence-electron chi connectivity index (χ4n) is 2.94. The van der Waals surface area contributed by atoms with E-state index in [2.05, 4.69) is 26.5 Å². The van der Waals surface area contributed by atoms with Crippen molar-refractivity contribution >= 4 is 17.4 Å². The molecule has 32 heavy (non-hydrogen) atoms. The van der Waals surface area contributed by atoms with Gasteiger partial charge < -0.3 is 20.3 Å². The van der Waals surface area contributed by atoms with E-state index in [1.807, 2.05) is 6.07 Å². The predicted molar refractivity (Wildman–Crippen MR) is 114 cm³/mol. The van der Waals surface area contributed by atoms with E-state index in [1.54, 1.807) is 36.4 Å². The number of carbonyl (C=O) groups excluding carboxylic acids is 1. The first-order chi connectivity index (χ1) is 15.6. The normalized spacial score (nSPS) is 11.7. The topological polar surface area (TPSA) is 146 Å². The highest BCUT2D eigenvalue weighted by molar-refractivity contribution is 6.02. The van der Waals surface area contributed by atoms with Crippen LogP contribution in [0, 0.1) is 11.3 Å². The Morgan fingerprint density at radius 3 is 2.84 bits per heavy atom. The Labute approximate surface area is 182 Å². The molecule has 0 aliphatic heterocycles. The Balaban J connectivity index is 1.58. The van der Waals surface area contributed by atoms with Crippen LogP contribution in [0.1, 0.15) is 16.1 Å². The minimum atomic E-state index is -1.04. The minimum absolute atomic E-state index is 0.0851. The largest absolute Gasteiger partial charge is 0.475 e. The van der Waals surface area contributed by atoms with Crippen LogP contribution in [-0.2, 0) is 0 Å². The Hall–Kier alpha value is -4.33. The molecule has 10 nitrogen and oxygen atoms in total. The molecule has 3 N–H and O–H groups in total. The van der Waals surface area contributed by atoms with Gasteiger partial charge in [0.1, 0.15) is 18.4 Å². The average molecular weight is 430 g/mol. The molecule has 10 heteroatoms. The molecule has 1 atom stereocenters. The lowest BCUT2D eigenvalue weighted by molar-refractivity contribution is 0.0520. The van der Waals surface area contributed by atoms with Crippen molar-refractivity contribution in [1.82, 2.24) is 19.6 Å². The van der Waals surface area contributed by atoms with Crippen LogP contribution < -0.4 is 10.1 Å². The lowest BCUT2D eigenvalue weighted by atomic mass is 10.1. The second kappa shape index (κ2) is 9.22. The Bertz CT molecular complexity index is 1310. The number of rotatable bonds is 7. The summed E-state index contributed by atoms with van der Waals surface area (Å²) in [6, 6.07) is 17.4. The Kier molecular flexibility index (Phi) is 6.03. The standard InChI is InChI=1S/C22H18N6O4/c23-10-14-4-1-2-5-16(14)17-8-9-19-24-11-20(28(19)27-17)26-22(31)18-6-3-7-21(25-18)32-13-15(30)12-29/h1-9,11,15,29-30H,12-13H2,(H,26,31). The average Bonchev–Trinajstić information content (AvgIpc) is 3.24. The number of ether oxygens (including phenoxy) is 1. The summed E-state index contributed by atoms with van der Waals surface area (Å²) in [6.07, 6.45) is 0.428. The first-order valence-electron chi connectivity index (χ1n) is 9.63. The van der Waals surface area contributed by atoms with E-state index in [0.29, 0.717) is 28.3 Å². The molecule has 0 saturated carbocycles. The molecule has 0 aliphatic rings. The van der Waals surface area contributed by atoms with Crippen LogP contribution in [0.2, 0.25) is 0 Å². The molecule has 1 aromatic carbocycles. The van der Waals surface area contributed by atoms with Gasteiger partial charge in [0.2, 0.25) is 5.88 Å². The van der Waals surface area contributed by atoms with Gasteiger partial charge in [0, 0.05) is 11.6 Å². The van der Waals surface area contributed by atoms with Gasteiger partial charge in [-0.25, -0.2) is 9.97 Å². The van der Waals surface area contributed by atoms with E-state index in [1.165, 1.54) is 22.8 Å². The van der Waals surface area contributed by atoms with Gasteiger partial charge in [0.05, 0.1) is 30.1 Å². The molecule has 4 rings (SSSR count). The van der Waals surface area contributed by atoms with Crippen LogP contribution >= 0.6 is 0 Å². The third-order valence-electron chi connectivity index (χ3n) is 4.52. The van der Waals surface area contributed by atoms with E-state index >= 15 is 0 Å². The molecule has 0 aliphatic carbocycles. The lowest BCUT2D eigenvalue weighted by Crippen LogP contribution is -2.22. The maximum atomic E-state index is 12.7. The number of pyridine rings is 1. The third kappa shape index (κ3) is 4.39. The second-order valence-corrected chi connectivity index (χ2v) is 6.75. The highest BCUT2D eigenvalue weighted by Gasteiger charge is 2.15. The van der Waals surface area contributed by atoms with Crippen molar-refractivity contribution in [1.29, 1.82) is 5.26 Å². The molecule has 3 aromatic heterocycles. The fourth-order valence-corrected chi connectivity index (χ4v) is 2.94. The summed E-state index contributed by atoms with van der Waals surface area (Å²) in [6.45, 7) is -0.596. The van der Waals surface area contributed by atoms with Crippen molar-refractivity contribution in [2.45, 2.75) is 6.10 Å². The van der Waals surface area contributed by atoms with Gasteiger partial charge >= 0.3 is 0 Å². The van der Waals surface area contributed by atoms with Crippen LogP contribution in [0.3, 0.4) is 0 Å². The second-order valence-electron chi connectivity index (χ2n) is 6.75. The van der Waals surface area contributed by atoms with Gasteiger partial charge in [0.25, 0.3) is 5.91 Å². The van der Waals surface area contributed by atoms with Gasteiger partial charge in [0.15, 0.2) is 11.5 Å². The Morgan fingerprint density at radius 1 is 1.19 bits per heavy atom. The number of nitriles is 1. The highest BCUT2D eigenvalue weighted by atomic mass is 16.5. The number of benzene rings is 1. The molecule has 0 saturated heterocycles. The van der Waals surface area contributed by atoms with E-state index < -0.39 is 18.6 Å². The summed E-state index contributed by atoms with van der Waals surface area (Å²) < 4.78 is 6.76. The number of aromatic nitrogens is 4. The van der Waals surface area contributed by atoms with Crippen LogP contribution in [0.15, 0.2) is 60.8 Å². The zero-order chi connectivity index (χ0) is 22.5. The van der Waals surface area contributed by atoms with Crippen molar-refractivity contribution in [2.24, 2.45) is 0 Å². The number of fused-ring (bicyclic) bond motifs is 1. The van der Waals surface area contributed by atoms with Gasteiger partial charge in [-0.05, 0) is 24.3 Å². The fraction of sp³-hybridized carbons (Fsp3) is 0.136. The third-order valence-corrected chi connectivity index (χ3v) is 4.52. The molecule has 0 spiro atoms. The number of aliphatic hydroxyl groups is 2. The zero-order valence-corrected chi connectivity index (χ0v) is 16.7. The van der Waals surface area contributed by atoms with E-state index in [4.69, 9.17) is 9.84 Å². The van der Waals surface area contributed by atoms with Gasteiger partial charge in [-0.15, -0.1) is 0 Å². The lowest BCUT2D eigenvalue weighted by Gasteiger charge is -2.10. The molecule has 3 heterocycles. The van der Waals surface area contributed by atoms with Crippen LogP contribution in [0.4, 0.5) is 5.82 Å². The molecule has 4 aromatic rings. The molecule has 1 unspecified atom stereocenters.